The molecule has 1 saturated heterocycles. The van der Waals surface area contributed by atoms with Crippen LogP contribution in [0.1, 0.15) is 30.1 Å². The molecule has 1 aliphatic rings. The van der Waals surface area contributed by atoms with Crippen LogP contribution in [-0.2, 0) is 0 Å². The molecule has 5 nitrogen and oxygen atoms in total. The molecule has 2 heterocycles. The normalized spacial score (nSPS) is 18.2. The first-order chi connectivity index (χ1) is 15.7. The number of likely N-dealkylation sites (tertiary alicyclic amines) is 1. The third-order valence-corrected chi connectivity index (χ3v) is 6.18. The molecule has 0 radical (unpaired) electrons. The maximum absolute atomic E-state index is 11.0. The number of nitrogens with one attached hydrogen (secondary N) is 1. The molecule has 0 aliphatic carbocycles. The molecule has 5 heteroatoms. The number of ether oxygens (including phenoxy) is 1. The van der Waals surface area contributed by atoms with Gasteiger partial charge in [0.15, 0.2) is 0 Å². The summed E-state index contributed by atoms with van der Waals surface area (Å²) in [4.78, 5) is 6.83. The summed E-state index contributed by atoms with van der Waals surface area (Å²) in [6.07, 6.45) is 7.97. The molecule has 0 spiro atoms. The highest BCUT2D eigenvalue weighted by Crippen LogP contribution is 2.28. The number of hydrogen-bond acceptors (Lipinski definition) is 5. The smallest absolute Gasteiger partial charge is 0.119 e. The molecule has 0 saturated carbocycles. The fraction of sp³-hybridized carbons (Fsp3) is 0.370. The van der Waals surface area contributed by atoms with Gasteiger partial charge >= 0.3 is 0 Å². The van der Waals surface area contributed by atoms with Crippen molar-refractivity contribution in [1.29, 1.82) is 0 Å². The average molecular weight is 432 g/mol. The summed E-state index contributed by atoms with van der Waals surface area (Å²) in [6.45, 7) is 4.56. The van der Waals surface area contributed by atoms with Crippen LogP contribution in [-0.4, -0.2) is 54.8 Å². The van der Waals surface area contributed by atoms with Crippen LogP contribution in [0.3, 0.4) is 0 Å². The Bertz CT molecular complexity index is 1020. The minimum atomic E-state index is -0.548. The van der Waals surface area contributed by atoms with E-state index >= 15 is 0 Å². The molecule has 1 aliphatic heterocycles. The van der Waals surface area contributed by atoms with Crippen molar-refractivity contribution in [3.63, 3.8) is 0 Å². The van der Waals surface area contributed by atoms with E-state index in [0.29, 0.717) is 12.5 Å². The minimum absolute atomic E-state index is 0.548. The predicted molar refractivity (Wildman–Crippen MR) is 131 cm³/mol. The number of aromatic nitrogens is 1. The molecule has 4 rings (SSSR count). The lowest BCUT2D eigenvalue weighted by Gasteiger charge is -2.34. The number of piperidine rings is 1. The van der Waals surface area contributed by atoms with E-state index in [1.807, 2.05) is 30.3 Å². The van der Waals surface area contributed by atoms with Gasteiger partial charge in [0.2, 0.25) is 0 Å². The van der Waals surface area contributed by atoms with Crippen molar-refractivity contribution in [2.45, 2.75) is 18.9 Å². The first kappa shape index (κ1) is 22.5. The molecule has 2 N–H and O–H groups in total. The Morgan fingerprint density at radius 3 is 2.94 bits per heavy atom. The van der Waals surface area contributed by atoms with Crippen molar-refractivity contribution < 1.29 is 9.84 Å². The summed E-state index contributed by atoms with van der Waals surface area (Å²) in [6, 6.07) is 18.1. The van der Waals surface area contributed by atoms with E-state index in [1.54, 1.807) is 13.3 Å². The summed E-state index contributed by atoms with van der Waals surface area (Å²) in [5.74, 6) is 1.39. The number of rotatable bonds is 9. The average Bonchev–Trinajstić information content (AvgIpc) is 2.84. The number of fused-ring (bicyclic) bond motifs is 1. The quantitative estimate of drug-likeness (QED) is 0.495. The highest BCUT2D eigenvalue weighted by Gasteiger charge is 2.23. The molecule has 168 valence electrons. The molecule has 0 bridgehead atoms. The molecule has 3 aromatic rings. The Morgan fingerprint density at radius 2 is 2.09 bits per heavy atom. The van der Waals surface area contributed by atoms with Gasteiger partial charge in [-0.15, -0.1) is 0 Å². The molecule has 2 atom stereocenters. The zero-order valence-corrected chi connectivity index (χ0v) is 18.8. The lowest BCUT2D eigenvalue weighted by atomic mass is 9.96. The Labute approximate surface area is 190 Å². The van der Waals surface area contributed by atoms with Crippen LogP contribution >= 0.6 is 0 Å². The maximum atomic E-state index is 11.0. The van der Waals surface area contributed by atoms with Crippen LogP contribution in [0.5, 0.6) is 5.75 Å². The van der Waals surface area contributed by atoms with Crippen molar-refractivity contribution in [2.75, 3.05) is 39.8 Å². The second-order valence-electron chi connectivity index (χ2n) is 8.54. The summed E-state index contributed by atoms with van der Waals surface area (Å²) >= 11 is 0. The van der Waals surface area contributed by atoms with E-state index in [-0.39, 0.29) is 0 Å². The van der Waals surface area contributed by atoms with Crippen LogP contribution < -0.4 is 10.1 Å². The molecular weight excluding hydrogens is 398 g/mol. The second-order valence-corrected chi connectivity index (χ2v) is 8.54. The van der Waals surface area contributed by atoms with Crippen molar-refractivity contribution in [2.24, 2.45) is 5.92 Å². The van der Waals surface area contributed by atoms with Crippen LogP contribution in [0.4, 0.5) is 0 Å². The van der Waals surface area contributed by atoms with Crippen molar-refractivity contribution in [3.05, 3.63) is 78.0 Å². The molecular formula is C27H33N3O2. The third-order valence-electron chi connectivity index (χ3n) is 6.18. The van der Waals surface area contributed by atoms with E-state index in [0.717, 1.165) is 48.4 Å². The molecule has 0 amide bonds. The standard InChI is InChI=1S/C27H33N3O2/c1-32-23-11-12-26-25(17-23)24(13-15-29-26)27(31)20-30-16-6-10-22(19-30)18-28-14-5-9-21-7-3-2-4-8-21/h2-5,7-9,11-13,15,17,22,27-28,31H,6,10,14,16,18-20H2,1H3/b9-5+. The van der Waals surface area contributed by atoms with Gasteiger partial charge in [0, 0.05) is 31.2 Å². The van der Waals surface area contributed by atoms with Gasteiger partial charge in [0.05, 0.1) is 18.7 Å². The van der Waals surface area contributed by atoms with E-state index in [1.165, 1.54) is 18.4 Å². The monoisotopic (exact) mass is 431 g/mol. The largest absolute Gasteiger partial charge is 0.497 e. The maximum Gasteiger partial charge on any atom is 0.119 e. The number of aliphatic hydroxyl groups excluding tert-OH is 1. The second kappa shape index (κ2) is 11.2. The number of benzene rings is 2. The zero-order chi connectivity index (χ0) is 22.2. The fourth-order valence-electron chi connectivity index (χ4n) is 4.52. The molecule has 32 heavy (non-hydrogen) atoms. The number of nitrogens with zero attached hydrogens (tertiary/aromatic N) is 2. The topological polar surface area (TPSA) is 57.6 Å². The first-order valence-corrected chi connectivity index (χ1v) is 11.5. The first-order valence-electron chi connectivity index (χ1n) is 11.5. The Hall–Kier alpha value is -2.73. The van der Waals surface area contributed by atoms with Crippen molar-refractivity contribution in [3.8, 4) is 5.75 Å². The van der Waals surface area contributed by atoms with Gasteiger partial charge in [-0.3, -0.25) is 4.98 Å². The van der Waals surface area contributed by atoms with Crippen LogP contribution in [0.25, 0.3) is 17.0 Å². The van der Waals surface area contributed by atoms with E-state index in [4.69, 9.17) is 4.74 Å². The summed E-state index contributed by atoms with van der Waals surface area (Å²) < 4.78 is 5.37. The third kappa shape index (κ3) is 5.94. The van der Waals surface area contributed by atoms with E-state index in [2.05, 4.69) is 51.6 Å². The number of β-amino-alcohol motifs (C(OH)–C–C–N with tert-alkyl or cyclic N) is 1. The molecule has 1 aromatic heterocycles. The van der Waals surface area contributed by atoms with Crippen LogP contribution in [0.2, 0.25) is 0 Å². The summed E-state index contributed by atoms with van der Waals surface area (Å²) in [5.41, 5.74) is 3.03. The lowest BCUT2D eigenvalue weighted by Crippen LogP contribution is -2.41. The number of methoxy groups -OCH3 is 1. The van der Waals surface area contributed by atoms with Gasteiger partial charge in [0.25, 0.3) is 0 Å². The number of hydrogen-bond donors (Lipinski definition) is 2. The van der Waals surface area contributed by atoms with E-state index < -0.39 is 6.10 Å². The molecule has 2 unspecified atom stereocenters. The van der Waals surface area contributed by atoms with Crippen LogP contribution in [0, 0.1) is 5.92 Å². The SMILES string of the molecule is COc1ccc2nccc(C(O)CN3CCCC(CNC/C=C/c4ccccc4)C3)c2c1. The van der Waals surface area contributed by atoms with E-state index in [9.17, 15) is 5.11 Å². The lowest BCUT2D eigenvalue weighted by molar-refractivity contribution is 0.0851. The van der Waals surface area contributed by atoms with Crippen LogP contribution in [0.15, 0.2) is 66.9 Å². The highest BCUT2D eigenvalue weighted by molar-refractivity contribution is 5.83. The Morgan fingerprint density at radius 1 is 1.22 bits per heavy atom. The minimum Gasteiger partial charge on any atom is -0.497 e. The summed E-state index contributed by atoms with van der Waals surface area (Å²) in [5, 5.41) is 15.6. The molecule has 2 aromatic carbocycles. The Balaban J connectivity index is 1.29. The Kier molecular flexibility index (Phi) is 7.88. The van der Waals surface area contributed by atoms with Crippen molar-refractivity contribution >= 4 is 17.0 Å². The highest BCUT2D eigenvalue weighted by atomic mass is 16.5. The zero-order valence-electron chi connectivity index (χ0n) is 18.8. The van der Waals surface area contributed by atoms with Gasteiger partial charge in [0.1, 0.15) is 5.75 Å². The molecule has 1 fully saturated rings. The van der Waals surface area contributed by atoms with Gasteiger partial charge in [-0.2, -0.15) is 0 Å². The van der Waals surface area contributed by atoms with Gasteiger partial charge in [-0.05, 0) is 67.2 Å². The van der Waals surface area contributed by atoms with Gasteiger partial charge in [-0.25, -0.2) is 0 Å². The van der Waals surface area contributed by atoms with Gasteiger partial charge in [-0.1, -0.05) is 42.5 Å². The van der Waals surface area contributed by atoms with Gasteiger partial charge < -0.3 is 20.1 Å². The predicted octanol–water partition coefficient (Wildman–Crippen LogP) is 4.29. The number of aliphatic hydroxyl groups is 1. The summed E-state index contributed by atoms with van der Waals surface area (Å²) in [7, 11) is 1.66. The van der Waals surface area contributed by atoms with Crippen molar-refractivity contribution in [1.82, 2.24) is 15.2 Å². The fourth-order valence-corrected chi connectivity index (χ4v) is 4.52. The number of pyridine rings is 1.